The average molecular weight is 297 g/mol. The van der Waals surface area contributed by atoms with Gasteiger partial charge in [-0.05, 0) is 13.3 Å². The fourth-order valence-electron chi connectivity index (χ4n) is 1.66. The first-order valence-corrected chi connectivity index (χ1v) is 7.86. The third-order valence-electron chi connectivity index (χ3n) is 2.47. The average Bonchev–Trinajstić information content (AvgIpc) is 2.57. The van der Waals surface area contributed by atoms with Crippen LogP contribution in [0.2, 0.25) is 4.47 Å². The highest BCUT2D eigenvalue weighted by Crippen LogP contribution is 2.26. The van der Waals surface area contributed by atoms with Crippen LogP contribution in [0.1, 0.15) is 13.3 Å². The van der Waals surface area contributed by atoms with Crippen molar-refractivity contribution in [1.29, 1.82) is 0 Å². The summed E-state index contributed by atoms with van der Waals surface area (Å²) in [6.45, 7) is 3.31. The third-order valence-corrected chi connectivity index (χ3v) is 5.88. The number of thiazole rings is 1. The molecule has 1 aliphatic rings. The summed E-state index contributed by atoms with van der Waals surface area (Å²) in [5.41, 5.74) is 0. The highest BCUT2D eigenvalue weighted by atomic mass is 35.5. The van der Waals surface area contributed by atoms with E-state index < -0.39 is 10.0 Å². The van der Waals surface area contributed by atoms with Gasteiger partial charge in [-0.25, -0.2) is 13.4 Å². The smallest absolute Gasteiger partial charge is 0.254 e. The molecule has 1 aromatic rings. The normalized spacial score (nSPS) is 23.5. The quantitative estimate of drug-likeness (QED) is 0.832. The van der Waals surface area contributed by atoms with Gasteiger partial charge in [0.25, 0.3) is 10.0 Å². The van der Waals surface area contributed by atoms with Gasteiger partial charge in [-0.1, -0.05) is 22.9 Å². The van der Waals surface area contributed by atoms with E-state index in [1.807, 2.05) is 6.92 Å². The molecule has 0 bridgehead atoms. The van der Waals surface area contributed by atoms with Crippen molar-refractivity contribution >= 4 is 33.0 Å². The molecule has 1 aliphatic heterocycles. The Labute approximate surface area is 109 Å². The Bertz CT molecular complexity index is 488. The summed E-state index contributed by atoms with van der Waals surface area (Å²) in [5, 5.41) is 0. The number of rotatable bonds is 2. The summed E-state index contributed by atoms with van der Waals surface area (Å²) in [7, 11) is -3.47. The van der Waals surface area contributed by atoms with E-state index in [1.165, 1.54) is 10.5 Å². The van der Waals surface area contributed by atoms with Gasteiger partial charge in [0, 0.05) is 19.7 Å². The molecule has 0 amide bonds. The summed E-state index contributed by atoms with van der Waals surface area (Å²) in [5.74, 6) is 0. The number of hydrogen-bond acceptors (Lipinski definition) is 5. The van der Waals surface area contributed by atoms with E-state index in [-0.39, 0.29) is 14.8 Å². The predicted octanol–water partition coefficient (Wildman–Crippen LogP) is 1.60. The molecule has 0 N–H and O–H groups in total. The lowest BCUT2D eigenvalue weighted by Crippen LogP contribution is -2.35. The molecule has 0 saturated carbocycles. The molecule has 96 valence electrons. The second kappa shape index (κ2) is 5.19. The number of aromatic nitrogens is 1. The Kier molecular flexibility index (Phi) is 4.04. The van der Waals surface area contributed by atoms with Crippen molar-refractivity contribution in [2.75, 3.05) is 19.7 Å². The van der Waals surface area contributed by atoms with Crippen LogP contribution in [0.5, 0.6) is 0 Å². The molecule has 2 rings (SSSR count). The number of nitrogens with zero attached hydrogens (tertiary/aromatic N) is 2. The van der Waals surface area contributed by atoms with E-state index >= 15 is 0 Å². The molecule has 1 aromatic heterocycles. The van der Waals surface area contributed by atoms with Crippen LogP contribution in [0, 0.1) is 0 Å². The summed E-state index contributed by atoms with van der Waals surface area (Å²) in [6, 6.07) is 0. The minimum absolute atomic E-state index is 0.0873. The molecule has 1 fully saturated rings. The van der Waals surface area contributed by atoms with Gasteiger partial charge in [0.1, 0.15) is 0 Å². The van der Waals surface area contributed by atoms with Gasteiger partial charge in [-0.3, -0.25) is 0 Å². The predicted molar refractivity (Wildman–Crippen MR) is 65.9 cm³/mol. The van der Waals surface area contributed by atoms with E-state index in [9.17, 15) is 8.42 Å². The molecule has 1 unspecified atom stereocenters. The van der Waals surface area contributed by atoms with Crippen LogP contribution in [0.25, 0.3) is 0 Å². The summed E-state index contributed by atoms with van der Waals surface area (Å²) in [4.78, 5) is 3.77. The standard InChI is InChI=1S/C9H13ClN2O3S2/c1-7-6-12(3-2-4-15-7)17(13,14)8-5-11-9(10)16-8/h5,7H,2-4,6H2,1H3. The molecular weight excluding hydrogens is 284 g/mol. The summed E-state index contributed by atoms with van der Waals surface area (Å²) < 4.78 is 31.9. The Balaban J connectivity index is 2.25. The SMILES string of the molecule is CC1CN(S(=O)(=O)c2cnc(Cl)s2)CCCO1. The molecule has 1 atom stereocenters. The minimum atomic E-state index is -3.47. The monoisotopic (exact) mass is 296 g/mol. The molecule has 0 aromatic carbocycles. The van der Waals surface area contributed by atoms with E-state index in [0.29, 0.717) is 26.1 Å². The van der Waals surface area contributed by atoms with Gasteiger partial charge in [-0.2, -0.15) is 4.31 Å². The molecule has 2 heterocycles. The van der Waals surface area contributed by atoms with Gasteiger partial charge in [0.05, 0.1) is 12.3 Å². The summed E-state index contributed by atoms with van der Waals surface area (Å²) in [6.07, 6.45) is 1.92. The highest BCUT2D eigenvalue weighted by molar-refractivity contribution is 7.91. The molecule has 0 aliphatic carbocycles. The Morgan fingerprint density at radius 1 is 1.65 bits per heavy atom. The molecule has 8 heteroatoms. The lowest BCUT2D eigenvalue weighted by atomic mass is 10.4. The second-order valence-electron chi connectivity index (χ2n) is 3.83. The van der Waals surface area contributed by atoms with Crippen LogP contribution in [0.15, 0.2) is 10.4 Å². The van der Waals surface area contributed by atoms with Gasteiger partial charge in [-0.15, -0.1) is 0 Å². The van der Waals surface area contributed by atoms with Gasteiger partial charge in [0.2, 0.25) is 0 Å². The van der Waals surface area contributed by atoms with E-state index in [1.54, 1.807) is 0 Å². The Morgan fingerprint density at radius 3 is 3.06 bits per heavy atom. The topological polar surface area (TPSA) is 59.5 Å². The lowest BCUT2D eigenvalue weighted by molar-refractivity contribution is 0.0752. The molecule has 0 spiro atoms. The van der Waals surface area contributed by atoms with Crippen LogP contribution in [0.4, 0.5) is 0 Å². The first-order chi connectivity index (χ1) is 8.00. The van der Waals surface area contributed by atoms with Gasteiger partial charge < -0.3 is 4.74 Å². The zero-order valence-electron chi connectivity index (χ0n) is 9.30. The highest BCUT2D eigenvalue weighted by Gasteiger charge is 2.29. The van der Waals surface area contributed by atoms with Crippen molar-refractivity contribution in [3.8, 4) is 0 Å². The Hall–Kier alpha value is -0.210. The van der Waals surface area contributed by atoms with Crippen molar-refractivity contribution < 1.29 is 13.2 Å². The number of ether oxygens (including phenoxy) is 1. The molecule has 17 heavy (non-hydrogen) atoms. The van der Waals surface area contributed by atoms with Crippen LogP contribution in [-0.2, 0) is 14.8 Å². The zero-order chi connectivity index (χ0) is 12.5. The van der Waals surface area contributed by atoms with Crippen molar-refractivity contribution in [2.45, 2.75) is 23.7 Å². The third kappa shape index (κ3) is 2.97. The van der Waals surface area contributed by atoms with Crippen LogP contribution < -0.4 is 0 Å². The van der Waals surface area contributed by atoms with Crippen molar-refractivity contribution in [3.63, 3.8) is 0 Å². The fraction of sp³-hybridized carbons (Fsp3) is 0.667. The van der Waals surface area contributed by atoms with E-state index in [4.69, 9.17) is 16.3 Å². The van der Waals surface area contributed by atoms with Crippen molar-refractivity contribution in [3.05, 3.63) is 10.7 Å². The largest absolute Gasteiger partial charge is 0.377 e. The van der Waals surface area contributed by atoms with Crippen molar-refractivity contribution in [2.24, 2.45) is 0 Å². The first-order valence-electron chi connectivity index (χ1n) is 5.23. The number of sulfonamides is 1. The Morgan fingerprint density at radius 2 is 2.41 bits per heavy atom. The summed E-state index contributed by atoms with van der Waals surface area (Å²) >= 11 is 6.65. The van der Waals surface area contributed by atoms with Gasteiger partial charge >= 0.3 is 0 Å². The molecule has 0 radical (unpaired) electrons. The maximum absolute atomic E-state index is 12.3. The van der Waals surface area contributed by atoms with Crippen LogP contribution in [-0.4, -0.2) is 43.5 Å². The van der Waals surface area contributed by atoms with E-state index in [0.717, 1.165) is 11.3 Å². The zero-order valence-corrected chi connectivity index (χ0v) is 11.7. The van der Waals surface area contributed by atoms with Crippen molar-refractivity contribution in [1.82, 2.24) is 9.29 Å². The van der Waals surface area contributed by atoms with Crippen LogP contribution in [0.3, 0.4) is 0 Å². The lowest BCUT2D eigenvalue weighted by Gasteiger charge is -2.20. The van der Waals surface area contributed by atoms with E-state index in [2.05, 4.69) is 4.98 Å². The molecular formula is C9H13ClN2O3S2. The van der Waals surface area contributed by atoms with Crippen LogP contribution >= 0.6 is 22.9 Å². The molecule has 1 saturated heterocycles. The molecule has 5 nitrogen and oxygen atoms in total. The fourth-order valence-corrected chi connectivity index (χ4v) is 4.66. The number of hydrogen-bond donors (Lipinski definition) is 0. The minimum Gasteiger partial charge on any atom is -0.377 e. The number of halogens is 1. The maximum Gasteiger partial charge on any atom is 0.254 e. The van der Waals surface area contributed by atoms with Gasteiger partial charge in [0.15, 0.2) is 8.68 Å². The second-order valence-corrected chi connectivity index (χ2v) is 7.61. The first kappa shape index (κ1) is 13.2. The maximum atomic E-state index is 12.3.